The summed E-state index contributed by atoms with van der Waals surface area (Å²) in [6.45, 7) is 1.37. The van der Waals surface area contributed by atoms with Crippen molar-refractivity contribution in [3.8, 4) is 0 Å². The number of carbonyl (C=O) groups excluding carboxylic acids is 1. The van der Waals surface area contributed by atoms with Crippen molar-refractivity contribution < 1.29 is 14.1 Å². The lowest BCUT2D eigenvalue weighted by Crippen LogP contribution is -2.07. The zero-order valence-corrected chi connectivity index (χ0v) is 8.55. The number of hydrogen-bond acceptors (Lipinski definition) is 3. The molecular formula is C9H7ClFNO3. The van der Waals surface area contributed by atoms with Crippen molar-refractivity contribution in [3.05, 3.63) is 39.2 Å². The van der Waals surface area contributed by atoms with E-state index < -0.39 is 22.4 Å². The molecule has 6 heteroatoms. The molecule has 0 aliphatic carbocycles. The Morgan fingerprint density at radius 2 is 2.20 bits per heavy atom. The smallest absolute Gasteiger partial charge is 0.283 e. The molecule has 1 rings (SSSR count). The number of ketones is 1. The van der Waals surface area contributed by atoms with Crippen LogP contribution in [0.1, 0.15) is 15.9 Å². The predicted octanol–water partition coefficient (Wildman–Crippen LogP) is 2.46. The first-order valence-corrected chi connectivity index (χ1v) is 4.54. The Bertz CT molecular complexity index is 434. The first-order chi connectivity index (χ1) is 6.97. The second-order valence-corrected chi connectivity index (χ2v) is 3.20. The zero-order chi connectivity index (χ0) is 11.6. The SMILES string of the molecule is Cc1cc(F)cc(C(=O)CCl)c1[N+](=O)[O-]. The third-order valence-electron chi connectivity index (χ3n) is 1.87. The van der Waals surface area contributed by atoms with Crippen LogP contribution in [-0.2, 0) is 0 Å². The third-order valence-corrected chi connectivity index (χ3v) is 2.11. The first kappa shape index (κ1) is 11.6. The highest BCUT2D eigenvalue weighted by Gasteiger charge is 2.23. The van der Waals surface area contributed by atoms with E-state index in [1.54, 1.807) is 0 Å². The summed E-state index contributed by atoms with van der Waals surface area (Å²) in [6, 6.07) is 1.83. The van der Waals surface area contributed by atoms with Gasteiger partial charge in [0, 0.05) is 5.56 Å². The van der Waals surface area contributed by atoms with Crippen LogP contribution in [0, 0.1) is 22.9 Å². The Hall–Kier alpha value is -1.49. The highest BCUT2D eigenvalue weighted by Crippen LogP contribution is 2.25. The van der Waals surface area contributed by atoms with Crippen LogP contribution in [0.15, 0.2) is 12.1 Å². The van der Waals surface area contributed by atoms with E-state index in [-0.39, 0.29) is 16.8 Å². The Balaban J connectivity index is 3.46. The van der Waals surface area contributed by atoms with Crippen molar-refractivity contribution in [1.29, 1.82) is 0 Å². The maximum Gasteiger partial charge on any atom is 0.283 e. The number of nitro benzene ring substituents is 1. The number of halogens is 2. The molecule has 0 aliphatic heterocycles. The summed E-state index contributed by atoms with van der Waals surface area (Å²) >= 11 is 5.27. The topological polar surface area (TPSA) is 60.2 Å². The third kappa shape index (κ3) is 2.30. The van der Waals surface area contributed by atoms with Gasteiger partial charge in [0.2, 0.25) is 0 Å². The van der Waals surface area contributed by atoms with Crippen LogP contribution >= 0.6 is 11.6 Å². The van der Waals surface area contributed by atoms with E-state index in [1.165, 1.54) is 6.92 Å². The summed E-state index contributed by atoms with van der Waals surface area (Å²) in [6.07, 6.45) is 0. The molecule has 0 heterocycles. The molecule has 0 saturated heterocycles. The van der Waals surface area contributed by atoms with Crippen molar-refractivity contribution in [1.82, 2.24) is 0 Å². The molecule has 0 atom stereocenters. The van der Waals surface area contributed by atoms with Crippen molar-refractivity contribution in [2.24, 2.45) is 0 Å². The number of Topliss-reactive ketones (excluding diaryl/α,β-unsaturated/α-hetero) is 1. The molecule has 0 amide bonds. The van der Waals surface area contributed by atoms with Gasteiger partial charge in [-0.25, -0.2) is 4.39 Å². The van der Waals surface area contributed by atoms with Gasteiger partial charge in [-0.15, -0.1) is 11.6 Å². The highest BCUT2D eigenvalue weighted by molar-refractivity contribution is 6.31. The molecule has 1 aromatic rings. The van der Waals surface area contributed by atoms with E-state index in [4.69, 9.17) is 11.6 Å². The van der Waals surface area contributed by atoms with Gasteiger partial charge < -0.3 is 0 Å². The number of aryl methyl sites for hydroxylation is 1. The van der Waals surface area contributed by atoms with Crippen molar-refractivity contribution in [3.63, 3.8) is 0 Å². The maximum atomic E-state index is 13.0. The van der Waals surface area contributed by atoms with E-state index in [2.05, 4.69) is 0 Å². The lowest BCUT2D eigenvalue weighted by molar-refractivity contribution is -0.385. The molecule has 4 nitrogen and oxygen atoms in total. The summed E-state index contributed by atoms with van der Waals surface area (Å²) in [7, 11) is 0. The van der Waals surface area contributed by atoms with Crippen LogP contribution in [0.3, 0.4) is 0 Å². The summed E-state index contributed by atoms with van der Waals surface area (Å²) in [5, 5.41) is 10.7. The summed E-state index contributed by atoms with van der Waals surface area (Å²) < 4.78 is 13.0. The van der Waals surface area contributed by atoms with Crippen LogP contribution in [-0.4, -0.2) is 16.6 Å². The molecule has 0 fully saturated rings. The number of carbonyl (C=O) groups is 1. The van der Waals surface area contributed by atoms with Gasteiger partial charge in [0.1, 0.15) is 5.82 Å². The summed E-state index contributed by atoms with van der Waals surface area (Å²) in [5.74, 6) is -1.76. The van der Waals surface area contributed by atoms with Gasteiger partial charge in [0.25, 0.3) is 5.69 Å². The molecule has 0 saturated carbocycles. The molecule has 0 aliphatic rings. The number of benzene rings is 1. The maximum absolute atomic E-state index is 13.0. The molecule has 0 radical (unpaired) electrons. The lowest BCUT2D eigenvalue weighted by Gasteiger charge is -2.03. The minimum absolute atomic E-state index is 0.105. The fraction of sp³-hybridized carbons (Fsp3) is 0.222. The minimum Gasteiger partial charge on any atom is -0.293 e. The van der Waals surface area contributed by atoms with E-state index in [0.717, 1.165) is 12.1 Å². The van der Waals surface area contributed by atoms with Crippen molar-refractivity contribution in [2.45, 2.75) is 6.92 Å². The number of rotatable bonds is 3. The van der Waals surface area contributed by atoms with Crippen LogP contribution in [0.4, 0.5) is 10.1 Å². The summed E-state index contributed by atoms with van der Waals surface area (Å²) in [4.78, 5) is 21.2. The van der Waals surface area contributed by atoms with Gasteiger partial charge in [-0.05, 0) is 19.1 Å². The van der Waals surface area contributed by atoms with Gasteiger partial charge in [-0.2, -0.15) is 0 Å². The second kappa shape index (κ2) is 4.35. The number of nitrogens with zero attached hydrogens (tertiary/aromatic N) is 1. The largest absolute Gasteiger partial charge is 0.293 e. The van der Waals surface area contributed by atoms with Crippen LogP contribution in [0.2, 0.25) is 0 Å². The van der Waals surface area contributed by atoms with Gasteiger partial charge in [-0.1, -0.05) is 0 Å². The van der Waals surface area contributed by atoms with E-state index in [1.807, 2.05) is 0 Å². The molecule has 1 aromatic carbocycles. The fourth-order valence-corrected chi connectivity index (χ4v) is 1.41. The van der Waals surface area contributed by atoms with Crippen LogP contribution in [0.25, 0.3) is 0 Å². The Morgan fingerprint density at radius 3 is 2.67 bits per heavy atom. The Labute approximate surface area is 89.8 Å². The van der Waals surface area contributed by atoms with Crippen molar-refractivity contribution >= 4 is 23.1 Å². The van der Waals surface area contributed by atoms with E-state index in [9.17, 15) is 19.3 Å². The first-order valence-electron chi connectivity index (χ1n) is 4.01. The molecule has 15 heavy (non-hydrogen) atoms. The van der Waals surface area contributed by atoms with Gasteiger partial charge in [0.15, 0.2) is 5.78 Å². The lowest BCUT2D eigenvalue weighted by atomic mass is 10.1. The predicted molar refractivity (Wildman–Crippen MR) is 52.8 cm³/mol. The normalized spacial score (nSPS) is 10.1. The monoisotopic (exact) mass is 231 g/mol. The van der Waals surface area contributed by atoms with E-state index in [0.29, 0.717) is 0 Å². The highest BCUT2D eigenvalue weighted by atomic mass is 35.5. The summed E-state index contributed by atoms with van der Waals surface area (Å²) in [5.41, 5.74) is -0.567. The molecular weight excluding hydrogens is 225 g/mol. The molecule has 0 bridgehead atoms. The average Bonchev–Trinajstić information content (AvgIpc) is 2.14. The Morgan fingerprint density at radius 1 is 1.60 bits per heavy atom. The zero-order valence-electron chi connectivity index (χ0n) is 7.79. The number of nitro groups is 1. The van der Waals surface area contributed by atoms with E-state index >= 15 is 0 Å². The number of alkyl halides is 1. The number of hydrogen-bond donors (Lipinski definition) is 0. The van der Waals surface area contributed by atoms with Gasteiger partial charge in [0.05, 0.1) is 16.4 Å². The standard InChI is InChI=1S/C9H7ClFNO3/c1-5-2-6(11)3-7(8(13)4-10)9(5)12(14)15/h2-3H,4H2,1H3. The van der Waals surface area contributed by atoms with Crippen LogP contribution < -0.4 is 0 Å². The molecule has 80 valence electrons. The molecule has 0 unspecified atom stereocenters. The fourth-order valence-electron chi connectivity index (χ4n) is 1.26. The molecule has 0 N–H and O–H groups in total. The van der Waals surface area contributed by atoms with Gasteiger partial charge >= 0.3 is 0 Å². The Kier molecular flexibility index (Phi) is 3.36. The van der Waals surface area contributed by atoms with Crippen LogP contribution in [0.5, 0.6) is 0 Å². The quantitative estimate of drug-likeness (QED) is 0.347. The second-order valence-electron chi connectivity index (χ2n) is 2.93. The molecule has 0 spiro atoms. The van der Waals surface area contributed by atoms with Gasteiger partial charge in [-0.3, -0.25) is 14.9 Å². The van der Waals surface area contributed by atoms with Crippen molar-refractivity contribution in [2.75, 3.05) is 5.88 Å². The molecule has 0 aromatic heterocycles. The average molecular weight is 232 g/mol. The minimum atomic E-state index is -0.714.